The van der Waals surface area contributed by atoms with Gasteiger partial charge in [0.1, 0.15) is 6.23 Å². The molecule has 0 aliphatic carbocycles. The lowest BCUT2D eigenvalue weighted by Gasteiger charge is -2.13. The summed E-state index contributed by atoms with van der Waals surface area (Å²) in [6, 6.07) is 9.65. The number of hydrogen-bond donors (Lipinski definition) is 3. The minimum Gasteiger partial charge on any atom is -0.373 e. The standard InChI is InChI=1S/C18H19N7O2/c1-24(2)17-22-15-12(8-11-9-14(26)21-16(11)27)10-19-25(15)18(23-17)20-13-6-4-3-5-7-13/h3-8,10,14,26H,9H2,1-2H3,(H,21,27)(H,20,22,23)/b11-8+. The second-order valence-electron chi connectivity index (χ2n) is 6.43. The molecule has 9 heteroatoms. The number of fused-ring (bicyclic) bond motifs is 1. The Hall–Kier alpha value is -3.46. The molecule has 9 nitrogen and oxygen atoms in total. The zero-order chi connectivity index (χ0) is 19.0. The van der Waals surface area contributed by atoms with E-state index in [2.05, 4.69) is 25.7 Å². The molecule has 0 bridgehead atoms. The maximum absolute atomic E-state index is 11.9. The Morgan fingerprint density at radius 3 is 2.74 bits per heavy atom. The molecule has 1 unspecified atom stereocenters. The predicted molar refractivity (Wildman–Crippen MR) is 102 cm³/mol. The minimum absolute atomic E-state index is 0.247. The first kappa shape index (κ1) is 17.0. The van der Waals surface area contributed by atoms with Crippen LogP contribution in [-0.4, -0.2) is 50.9 Å². The van der Waals surface area contributed by atoms with Gasteiger partial charge in [0.2, 0.25) is 17.8 Å². The molecule has 4 rings (SSSR count). The summed E-state index contributed by atoms with van der Waals surface area (Å²) in [5.41, 5.74) is 2.60. The lowest BCUT2D eigenvalue weighted by atomic mass is 10.1. The molecule has 1 atom stereocenters. The maximum atomic E-state index is 11.9. The van der Waals surface area contributed by atoms with Crippen molar-refractivity contribution in [1.82, 2.24) is 24.9 Å². The summed E-state index contributed by atoms with van der Waals surface area (Å²) in [6.45, 7) is 0. The Labute approximate surface area is 155 Å². The molecule has 2 aromatic heterocycles. The second-order valence-corrected chi connectivity index (χ2v) is 6.43. The molecule has 3 heterocycles. The van der Waals surface area contributed by atoms with Crippen LogP contribution >= 0.6 is 0 Å². The number of aliphatic hydroxyl groups is 1. The van der Waals surface area contributed by atoms with E-state index in [1.807, 2.05) is 44.4 Å². The zero-order valence-corrected chi connectivity index (χ0v) is 14.9. The highest BCUT2D eigenvalue weighted by molar-refractivity contribution is 6.00. The number of carbonyl (C=O) groups is 1. The fraction of sp³-hybridized carbons (Fsp3) is 0.222. The quantitative estimate of drug-likeness (QED) is 0.595. The van der Waals surface area contributed by atoms with Crippen LogP contribution < -0.4 is 15.5 Å². The number of anilines is 3. The molecule has 1 aliphatic heterocycles. The summed E-state index contributed by atoms with van der Waals surface area (Å²) < 4.78 is 1.59. The van der Waals surface area contributed by atoms with E-state index in [4.69, 9.17) is 0 Å². The Bertz CT molecular complexity index is 1030. The first-order valence-electron chi connectivity index (χ1n) is 8.46. The number of amides is 1. The fourth-order valence-electron chi connectivity index (χ4n) is 2.82. The number of benzene rings is 1. The Morgan fingerprint density at radius 2 is 2.07 bits per heavy atom. The molecular weight excluding hydrogens is 346 g/mol. The summed E-state index contributed by atoms with van der Waals surface area (Å²) in [5, 5.41) is 19.7. The van der Waals surface area contributed by atoms with Crippen molar-refractivity contribution in [1.29, 1.82) is 0 Å². The third kappa shape index (κ3) is 3.32. The van der Waals surface area contributed by atoms with Gasteiger partial charge in [-0.3, -0.25) is 4.79 Å². The number of para-hydroxylation sites is 1. The molecule has 1 aromatic carbocycles. The molecule has 0 radical (unpaired) electrons. The molecule has 0 saturated carbocycles. The smallest absolute Gasteiger partial charge is 0.249 e. The highest BCUT2D eigenvalue weighted by Gasteiger charge is 2.25. The van der Waals surface area contributed by atoms with E-state index in [-0.39, 0.29) is 12.3 Å². The van der Waals surface area contributed by atoms with Crippen LogP contribution in [0.4, 0.5) is 17.6 Å². The lowest BCUT2D eigenvalue weighted by molar-refractivity contribution is -0.117. The normalized spacial score (nSPS) is 18.1. The molecule has 1 saturated heterocycles. The molecule has 1 amide bonds. The summed E-state index contributed by atoms with van der Waals surface area (Å²) in [5.74, 6) is 0.735. The van der Waals surface area contributed by atoms with E-state index in [0.717, 1.165) is 5.69 Å². The average molecular weight is 365 g/mol. The number of hydrogen-bond acceptors (Lipinski definition) is 7. The van der Waals surface area contributed by atoms with Gasteiger partial charge in [-0.05, 0) is 18.2 Å². The molecular formula is C18H19N7O2. The number of nitrogens with one attached hydrogen (secondary N) is 2. The highest BCUT2D eigenvalue weighted by Crippen LogP contribution is 2.23. The van der Waals surface area contributed by atoms with Crippen molar-refractivity contribution in [2.45, 2.75) is 12.6 Å². The third-order valence-corrected chi connectivity index (χ3v) is 4.15. The summed E-state index contributed by atoms with van der Waals surface area (Å²) in [4.78, 5) is 22.8. The number of aromatic nitrogens is 4. The lowest BCUT2D eigenvalue weighted by Crippen LogP contribution is -2.24. The van der Waals surface area contributed by atoms with Crippen LogP contribution in [0.5, 0.6) is 0 Å². The zero-order valence-electron chi connectivity index (χ0n) is 14.9. The molecule has 3 N–H and O–H groups in total. The van der Waals surface area contributed by atoms with Gasteiger partial charge in [0, 0.05) is 37.3 Å². The van der Waals surface area contributed by atoms with Gasteiger partial charge in [0.25, 0.3) is 0 Å². The highest BCUT2D eigenvalue weighted by atomic mass is 16.3. The van der Waals surface area contributed by atoms with Gasteiger partial charge < -0.3 is 20.6 Å². The average Bonchev–Trinajstić information content (AvgIpc) is 3.19. The van der Waals surface area contributed by atoms with Crippen molar-refractivity contribution in [3.63, 3.8) is 0 Å². The molecule has 0 spiro atoms. The van der Waals surface area contributed by atoms with E-state index >= 15 is 0 Å². The van der Waals surface area contributed by atoms with Crippen LogP contribution in [0.3, 0.4) is 0 Å². The topological polar surface area (TPSA) is 108 Å². The largest absolute Gasteiger partial charge is 0.373 e. The molecule has 138 valence electrons. The van der Waals surface area contributed by atoms with Crippen LogP contribution in [0, 0.1) is 0 Å². The van der Waals surface area contributed by atoms with Crippen LogP contribution in [0.2, 0.25) is 0 Å². The van der Waals surface area contributed by atoms with Gasteiger partial charge >= 0.3 is 0 Å². The van der Waals surface area contributed by atoms with E-state index < -0.39 is 6.23 Å². The second kappa shape index (κ2) is 6.69. The van der Waals surface area contributed by atoms with Crippen LogP contribution in [0.15, 0.2) is 42.1 Å². The van der Waals surface area contributed by atoms with E-state index in [9.17, 15) is 9.90 Å². The van der Waals surface area contributed by atoms with E-state index in [1.54, 1.807) is 21.7 Å². The van der Waals surface area contributed by atoms with E-state index in [1.165, 1.54) is 0 Å². The Morgan fingerprint density at radius 1 is 1.30 bits per heavy atom. The van der Waals surface area contributed by atoms with Crippen molar-refractivity contribution < 1.29 is 9.90 Å². The monoisotopic (exact) mass is 365 g/mol. The predicted octanol–water partition coefficient (Wildman–Crippen LogP) is 1.16. The number of carbonyl (C=O) groups excluding carboxylic acids is 1. The summed E-state index contributed by atoms with van der Waals surface area (Å²) in [7, 11) is 3.71. The van der Waals surface area contributed by atoms with Gasteiger partial charge in [-0.1, -0.05) is 18.2 Å². The van der Waals surface area contributed by atoms with Gasteiger partial charge in [-0.25, -0.2) is 0 Å². The summed E-state index contributed by atoms with van der Waals surface area (Å²) in [6.07, 6.45) is 2.72. The molecule has 3 aromatic rings. The van der Waals surface area contributed by atoms with Crippen molar-refractivity contribution in [3.8, 4) is 0 Å². The summed E-state index contributed by atoms with van der Waals surface area (Å²) >= 11 is 0. The molecule has 1 fully saturated rings. The van der Waals surface area contributed by atoms with Gasteiger partial charge in [0.05, 0.1) is 6.20 Å². The SMILES string of the molecule is CN(C)c1nc(Nc2ccccc2)n2ncc(/C=C3\CC(O)NC3=O)c2n1. The third-order valence-electron chi connectivity index (χ3n) is 4.15. The Balaban J connectivity index is 1.81. The number of nitrogens with zero attached hydrogens (tertiary/aromatic N) is 5. The van der Waals surface area contributed by atoms with Crippen molar-refractivity contribution in [3.05, 3.63) is 47.7 Å². The van der Waals surface area contributed by atoms with Gasteiger partial charge in [-0.2, -0.15) is 19.6 Å². The Kier molecular flexibility index (Phi) is 4.21. The first-order valence-corrected chi connectivity index (χ1v) is 8.46. The van der Waals surface area contributed by atoms with Crippen molar-refractivity contribution >= 4 is 35.2 Å². The van der Waals surface area contributed by atoms with Crippen molar-refractivity contribution in [2.24, 2.45) is 0 Å². The van der Waals surface area contributed by atoms with E-state index in [0.29, 0.717) is 28.7 Å². The maximum Gasteiger partial charge on any atom is 0.249 e. The fourth-order valence-corrected chi connectivity index (χ4v) is 2.82. The van der Waals surface area contributed by atoms with Crippen molar-refractivity contribution in [2.75, 3.05) is 24.3 Å². The van der Waals surface area contributed by atoms with Gasteiger partial charge in [0.15, 0.2) is 5.65 Å². The van der Waals surface area contributed by atoms with Crippen LogP contribution in [-0.2, 0) is 4.79 Å². The van der Waals surface area contributed by atoms with Gasteiger partial charge in [-0.15, -0.1) is 0 Å². The molecule has 27 heavy (non-hydrogen) atoms. The van der Waals surface area contributed by atoms with Crippen LogP contribution in [0.25, 0.3) is 11.7 Å². The molecule has 1 aliphatic rings. The first-order chi connectivity index (χ1) is 13.0. The number of rotatable bonds is 4. The van der Waals surface area contributed by atoms with Crippen LogP contribution in [0.1, 0.15) is 12.0 Å². The number of aliphatic hydroxyl groups excluding tert-OH is 1. The minimum atomic E-state index is -0.854.